The van der Waals surface area contributed by atoms with Gasteiger partial charge in [0.15, 0.2) is 17.0 Å². The van der Waals surface area contributed by atoms with Crippen LogP contribution >= 0.6 is 11.3 Å². The summed E-state index contributed by atoms with van der Waals surface area (Å²) in [7, 11) is 1.56. The zero-order valence-electron chi connectivity index (χ0n) is 13.4. The maximum Gasteiger partial charge on any atom is 0.266 e. The SMILES string of the molecule is COc1cccc(OC(C)C(=O)Nc2nc(C)c(C(C)=O)s2)c1. The second-order valence-corrected chi connectivity index (χ2v) is 5.92. The molecule has 1 heterocycles. The largest absolute Gasteiger partial charge is 0.497 e. The third-order valence-electron chi connectivity index (χ3n) is 3.07. The van der Waals surface area contributed by atoms with Crippen molar-refractivity contribution in [1.29, 1.82) is 0 Å². The Hall–Kier alpha value is -2.41. The van der Waals surface area contributed by atoms with Crippen molar-refractivity contribution in [2.75, 3.05) is 12.4 Å². The van der Waals surface area contributed by atoms with Gasteiger partial charge >= 0.3 is 0 Å². The van der Waals surface area contributed by atoms with Gasteiger partial charge in [-0.05, 0) is 26.0 Å². The summed E-state index contributed by atoms with van der Waals surface area (Å²) in [4.78, 5) is 28.3. The van der Waals surface area contributed by atoms with E-state index in [1.807, 2.05) is 0 Å². The van der Waals surface area contributed by atoms with E-state index in [-0.39, 0.29) is 11.7 Å². The van der Waals surface area contributed by atoms with Gasteiger partial charge < -0.3 is 9.47 Å². The van der Waals surface area contributed by atoms with Gasteiger partial charge in [-0.1, -0.05) is 17.4 Å². The lowest BCUT2D eigenvalue weighted by Crippen LogP contribution is -2.30. The molecule has 122 valence electrons. The number of hydrogen-bond donors (Lipinski definition) is 1. The van der Waals surface area contributed by atoms with Gasteiger partial charge in [0, 0.05) is 13.0 Å². The summed E-state index contributed by atoms with van der Waals surface area (Å²) in [6.45, 7) is 4.85. The summed E-state index contributed by atoms with van der Waals surface area (Å²) in [6, 6.07) is 7.01. The van der Waals surface area contributed by atoms with Crippen molar-refractivity contribution < 1.29 is 19.1 Å². The normalized spacial score (nSPS) is 11.7. The van der Waals surface area contributed by atoms with Crippen molar-refractivity contribution in [2.24, 2.45) is 0 Å². The van der Waals surface area contributed by atoms with E-state index in [1.54, 1.807) is 45.2 Å². The maximum atomic E-state index is 12.2. The number of methoxy groups -OCH3 is 1. The molecule has 6 nitrogen and oxygen atoms in total. The number of Topliss-reactive ketones (excluding diaryl/α,β-unsaturated/α-hetero) is 1. The van der Waals surface area contributed by atoms with E-state index in [2.05, 4.69) is 10.3 Å². The highest BCUT2D eigenvalue weighted by molar-refractivity contribution is 7.17. The van der Waals surface area contributed by atoms with E-state index in [0.29, 0.717) is 27.2 Å². The number of aromatic nitrogens is 1. The first kappa shape index (κ1) is 17.0. The molecular weight excluding hydrogens is 316 g/mol. The summed E-state index contributed by atoms with van der Waals surface area (Å²) in [5, 5.41) is 3.05. The second-order valence-electron chi connectivity index (χ2n) is 4.92. The highest BCUT2D eigenvalue weighted by Crippen LogP contribution is 2.24. The molecule has 0 aliphatic carbocycles. The lowest BCUT2D eigenvalue weighted by atomic mass is 10.3. The Bertz CT molecular complexity index is 727. The van der Waals surface area contributed by atoms with Crippen molar-refractivity contribution in [2.45, 2.75) is 26.9 Å². The molecule has 0 saturated carbocycles. The van der Waals surface area contributed by atoms with Gasteiger partial charge in [0.1, 0.15) is 11.5 Å². The molecule has 0 spiro atoms. The van der Waals surface area contributed by atoms with Crippen LogP contribution in [0.1, 0.15) is 29.2 Å². The summed E-state index contributed by atoms with van der Waals surface area (Å²) >= 11 is 1.16. The van der Waals surface area contributed by atoms with Crippen LogP contribution in [0.2, 0.25) is 0 Å². The van der Waals surface area contributed by atoms with Crippen molar-refractivity contribution in [1.82, 2.24) is 4.98 Å². The Morgan fingerprint density at radius 1 is 1.30 bits per heavy atom. The number of nitrogens with one attached hydrogen (secondary N) is 1. The summed E-state index contributed by atoms with van der Waals surface area (Å²) in [5.41, 5.74) is 0.610. The third-order valence-corrected chi connectivity index (χ3v) is 4.24. The standard InChI is InChI=1S/C16H18N2O4S/c1-9-14(10(2)19)23-16(17-9)18-15(20)11(3)22-13-7-5-6-12(8-13)21-4/h5-8,11H,1-4H3,(H,17,18,20). The lowest BCUT2D eigenvalue weighted by Gasteiger charge is -2.14. The highest BCUT2D eigenvalue weighted by Gasteiger charge is 2.18. The molecule has 2 rings (SSSR count). The number of thiazole rings is 1. The van der Waals surface area contributed by atoms with E-state index < -0.39 is 6.10 Å². The number of aryl methyl sites for hydroxylation is 1. The molecule has 1 unspecified atom stereocenters. The van der Waals surface area contributed by atoms with Gasteiger partial charge in [0.2, 0.25) is 0 Å². The number of ketones is 1. The molecule has 0 radical (unpaired) electrons. The van der Waals surface area contributed by atoms with Crippen molar-refractivity contribution in [3.63, 3.8) is 0 Å². The number of anilines is 1. The fraction of sp³-hybridized carbons (Fsp3) is 0.312. The summed E-state index contributed by atoms with van der Waals surface area (Å²) in [6.07, 6.45) is -0.716. The number of carbonyl (C=O) groups excluding carboxylic acids is 2. The number of rotatable bonds is 6. The van der Waals surface area contributed by atoms with Crippen LogP contribution in [-0.4, -0.2) is 29.9 Å². The minimum Gasteiger partial charge on any atom is -0.497 e. The van der Waals surface area contributed by atoms with Crippen LogP contribution in [0.25, 0.3) is 0 Å². The van der Waals surface area contributed by atoms with Crippen molar-refractivity contribution in [3.8, 4) is 11.5 Å². The van der Waals surface area contributed by atoms with Crippen LogP contribution in [0.15, 0.2) is 24.3 Å². The molecule has 1 amide bonds. The first-order valence-corrected chi connectivity index (χ1v) is 7.82. The summed E-state index contributed by atoms with van der Waals surface area (Å²) in [5.74, 6) is 0.779. The number of amides is 1. The van der Waals surface area contributed by atoms with Gasteiger partial charge in [0.25, 0.3) is 5.91 Å². The number of carbonyl (C=O) groups is 2. The number of ether oxygens (including phenoxy) is 2. The maximum absolute atomic E-state index is 12.2. The molecule has 0 aliphatic heterocycles. The van der Waals surface area contributed by atoms with E-state index in [0.717, 1.165) is 11.3 Å². The lowest BCUT2D eigenvalue weighted by molar-refractivity contribution is -0.122. The van der Waals surface area contributed by atoms with Gasteiger partial charge in [-0.15, -0.1) is 0 Å². The van der Waals surface area contributed by atoms with Crippen LogP contribution < -0.4 is 14.8 Å². The Morgan fingerprint density at radius 2 is 2.00 bits per heavy atom. The van der Waals surface area contributed by atoms with Crippen LogP contribution in [-0.2, 0) is 4.79 Å². The molecule has 0 fully saturated rings. The van der Waals surface area contributed by atoms with E-state index in [1.165, 1.54) is 6.92 Å². The Morgan fingerprint density at radius 3 is 2.61 bits per heavy atom. The van der Waals surface area contributed by atoms with E-state index in [4.69, 9.17) is 9.47 Å². The molecule has 23 heavy (non-hydrogen) atoms. The molecule has 0 bridgehead atoms. The molecule has 1 N–H and O–H groups in total. The first-order chi connectivity index (χ1) is 10.9. The van der Waals surface area contributed by atoms with Crippen molar-refractivity contribution >= 4 is 28.2 Å². The fourth-order valence-electron chi connectivity index (χ4n) is 1.92. The predicted molar refractivity (Wildman–Crippen MR) is 88.6 cm³/mol. The predicted octanol–water partition coefficient (Wildman–Crippen LogP) is 3.07. The van der Waals surface area contributed by atoms with E-state index >= 15 is 0 Å². The molecule has 2 aromatic rings. The third kappa shape index (κ3) is 4.29. The summed E-state index contributed by atoms with van der Waals surface area (Å²) < 4.78 is 10.7. The van der Waals surface area contributed by atoms with E-state index in [9.17, 15) is 9.59 Å². The second kappa shape index (κ2) is 7.23. The van der Waals surface area contributed by atoms with Crippen LogP contribution in [0, 0.1) is 6.92 Å². The minimum atomic E-state index is -0.716. The topological polar surface area (TPSA) is 77.5 Å². The Labute approximate surface area is 138 Å². The molecule has 7 heteroatoms. The minimum absolute atomic E-state index is 0.0684. The highest BCUT2D eigenvalue weighted by atomic mass is 32.1. The fourth-order valence-corrected chi connectivity index (χ4v) is 2.78. The quantitative estimate of drug-likeness (QED) is 0.822. The molecule has 0 saturated heterocycles. The number of nitrogens with zero attached hydrogens (tertiary/aromatic N) is 1. The Kier molecular flexibility index (Phi) is 5.33. The average Bonchev–Trinajstić information content (AvgIpc) is 2.88. The average molecular weight is 334 g/mol. The van der Waals surface area contributed by atoms with Crippen LogP contribution in [0.4, 0.5) is 5.13 Å². The molecule has 1 aromatic heterocycles. The van der Waals surface area contributed by atoms with Gasteiger partial charge in [0.05, 0.1) is 17.7 Å². The zero-order valence-corrected chi connectivity index (χ0v) is 14.2. The number of hydrogen-bond acceptors (Lipinski definition) is 6. The number of benzene rings is 1. The monoisotopic (exact) mass is 334 g/mol. The smallest absolute Gasteiger partial charge is 0.266 e. The van der Waals surface area contributed by atoms with Gasteiger partial charge in [-0.2, -0.15) is 0 Å². The van der Waals surface area contributed by atoms with Crippen LogP contribution in [0.3, 0.4) is 0 Å². The van der Waals surface area contributed by atoms with Crippen LogP contribution in [0.5, 0.6) is 11.5 Å². The first-order valence-electron chi connectivity index (χ1n) is 7.00. The zero-order chi connectivity index (χ0) is 17.0. The molecule has 1 atom stereocenters. The molecule has 1 aromatic carbocycles. The molecule has 0 aliphatic rings. The Balaban J connectivity index is 2.02. The van der Waals surface area contributed by atoms with Gasteiger partial charge in [-0.25, -0.2) is 4.98 Å². The van der Waals surface area contributed by atoms with Gasteiger partial charge in [-0.3, -0.25) is 14.9 Å². The molecular formula is C16H18N2O4S. The van der Waals surface area contributed by atoms with Crippen molar-refractivity contribution in [3.05, 3.63) is 34.8 Å².